The second-order valence-electron chi connectivity index (χ2n) is 7.66. The minimum absolute atomic E-state index is 0.0320. The maximum Gasteiger partial charge on any atom is 0.0669 e. The van der Waals surface area contributed by atoms with Crippen molar-refractivity contribution in [2.24, 2.45) is 0 Å². The fraction of sp³-hybridized carbons (Fsp3) is 0.556. The van der Waals surface area contributed by atoms with Crippen molar-refractivity contribution in [3.63, 3.8) is 0 Å². The van der Waals surface area contributed by atoms with Gasteiger partial charge >= 0.3 is 0 Å². The number of H-pyrrole nitrogens is 1. The summed E-state index contributed by atoms with van der Waals surface area (Å²) in [6, 6.07) is 8.58. The van der Waals surface area contributed by atoms with Gasteiger partial charge in [-0.05, 0) is 53.2 Å². The number of para-hydroxylation sites is 1. The summed E-state index contributed by atoms with van der Waals surface area (Å²) >= 11 is 0. The lowest BCUT2D eigenvalue weighted by Crippen LogP contribution is -2.41. The number of ether oxygens (including phenoxy) is 1. The number of hydrogen-bond donors (Lipinski definition) is 2. The first-order valence-corrected chi connectivity index (χ1v) is 7.63. The van der Waals surface area contributed by atoms with Gasteiger partial charge < -0.3 is 15.0 Å². The van der Waals surface area contributed by atoms with E-state index in [1.807, 2.05) is 0 Å². The van der Waals surface area contributed by atoms with Crippen molar-refractivity contribution < 1.29 is 4.74 Å². The first-order valence-electron chi connectivity index (χ1n) is 7.63. The Kier molecular flexibility index (Phi) is 4.45. The van der Waals surface area contributed by atoms with Gasteiger partial charge in [0.25, 0.3) is 0 Å². The zero-order valence-electron chi connectivity index (χ0n) is 14.1. The van der Waals surface area contributed by atoms with E-state index < -0.39 is 0 Å². The van der Waals surface area contributed by atoms with Crippen molar-refractivity contribution in [1.29, 1.82) is 0 Å². The molecule has 2 N–H and O–H groups in total. The standard InChI is InChI=1S/C18H28N2O/c1-17(2,3)20-16(12-21-18(4,5)6)14-11-19-15-10-8-7-9-13(14)15/h7-11,16,19-20H,12H2,1-6H3/t16-/m1/s1. The molecule has 0 amide bonds. The van der Waals surface area contributed by atoms with E-state index in [1.54, 1.807) is 0 Å². The normalized spacial score (nSPS) is 14.6. The Morgan fingerprint density at radius 1 is 1.10 bits per heavy atom. The highest BCUT2D eigenvalue weighted by atomic mass is 16.5. The van der Waals surface area contributed by atoms with Crippen molar-refractivity contribution >= 4 is 10.9 Å². The highest BCUT2D eigenvalue weighted by Crippen LogP contribution is 2.27. The number of hydrogen-bond acceptors (Lipinski definition) is 2. The van der Waals surface area contributed by atoms with Gasteiger partial charge in [-0.3, -0.25) is 0 Å². The molecule has 0 radical (unpaired) electrons. The zero-order chi connectivity index (χ0) is 15.7. The van der Waals surface area contributed by atoms with Gasteiger partial charge in [-0.15, -0.1) is 0 Å². The van der Waals surface area contributed by atoms with E-state index in [-0.39, 0.29) is 17.2 Å². The number of rotatable bonds is 4. The third-order valence-corrected chi connectivity index (χ3v) is 3.29. The fourth-order valence-corrected chi connectivity index (χ4v) is 2.45. The molecule has 1 atom stereocenters. The quantitative estimate of drug-likeness (QED) is 0.874. The molecule has 0 unspecified atom stereocenters. The molecule has 0 aliphatic rings. The number of aromatic nitrogens is 1. The van der Waals surface area contributed by atoms with E-state index in [4.69, 9.17) is 4.74 Å². The van der Waals surface area contributed by atoms with Crippen LogP contribution in [0.3, 0.4) is 0 Å². The topological polar surface area (TPSA) is 37.0 Å². The van der Waals surface area contributed by atoms with Crippen LogP contribution in [0.25, 0.3) is 10.9 Å². The minimum atomic E-state index is -0.135. The van der Waals surface area contributed by atoms with E-state index in [2.05, 4.69) is 82.3 Å². The molecule has 2 aromatic rings. The number of aromatic amines is 1. The third kappa shape index (κ3) is 4.58. The molecule has 21 heavy (non-hydrogen) atoms. The maximum atomic E-state index is 6.03. The molecule has 0 aliphatic heterocycles. The van der Waals surface area contributed by atoms with Crippen molar-refractivity contribution in [1.82, 2.24) is 10.3 Å². The average molecular weight is 288 g/mol. The second kappa shape index (κ2) is 5.82. The zero-order valence-corrected chi connectivity index (χ0v) is 14.1. The summed E-state index contributed by atoms with van der Waals surface area (Å²) in [5.74, 6) is 0. The summed E-state index contributed by atoms with van der Waals surface area (Å²) in [6.07, 6.45) is 2.10. The fourth-order valence-electron chi connectivity index (χ4n) is 2.45. The second-order valence-corrected chi connectivity index (χ2v) is 7.66. The van der Waals surface area contributed by atoms with Gasteiger partial charge in [0, 0.05) is 22.6 Å². The van der Waals surface area contributed by atoms with Crippen LogP contribution in [0.4, 0.5) is 0 Å². The Bertz CT molecular complexity index is 587. The van der Waals surface area contributed by atoms with Gasteiger partial charge in [0.2, 0.25) is 0 Å². The molecule has 3 heteroatoms. The van der Waals surface area contributed by atoms with Crippen molar-refractivity contribution in [3.05, 3.63) is 36.0 Å². The van der Waals surface area contributed by atoms with Gasteiger partial charge in [-0.25, -0.2) is 0 Å². The van der Waals surface area contributed by atoms with Crippen LogP contribution in [0.15, 0.2) is 30.5 Å². The molecular formula is C18H28N2O. The van der Waals surface area contributed by atoms with Crippen molar-refractivity contribution in [3.8, 4) is 0 Å². The predicted molar refractivity (Wildman–Crippen MR) is 89.6 cm³/mol. The lowest BCUT2D eigenvalue weighted by atomic mass is 10.0. The Labute approximate surface area is 128 Å². The van der Waals surface area contributed by atoms with Crippen LogP contribution < -0.4 is 5.32 Å². The molecule has 0 aliphatic carbocycles. The summed E-state index contributed by atoms with van der Waals surface area (Å²) in [5, 5.41) is 4.94. The van der Waals surface area contributed by atoms with Crippen molar-refractivity contribution in [2.45, 2.75) is 58.7 Å². The highest BCUT2D eigenvalue weighted by molar-refractivity contribution is 5.83. The number of benzene rings is 1. The monoisotopic (exact) mass is 288 g/mol. The molecular weight excluding hydrogens is 260 g/mol. The SMILES string of the molecule is CC(C)(C)N[C@H](COC(C)(C)C)c1c[nH]c2ccccc12. The minimum Gasteiger partial charge on any atom is -0.374 e. The van der Waals surface area contributed by atoms with Crippen LogP contribution in [0.1, 0.15) is 53.1 Å². The van der Waals surface area contributed by atoms with Crippen LogP contribution >= 0.6 is 0 Å². The summed E-state index contributed by atoms with van der Waals surface area (Å²) < 4.78 is 6.03. The molecule has 3 nitrogen and oxygen atoms in total. The van der Waals surface area contributed by atoms with Crippen LogP contribution in [0.2, 0.25) is 0 Å². The van der Waals surface area contributed by atoms with Gasteiger partial charge in [0.05, 0.1) is 18.2 Å². The summed E-state index contributed by atoms with van der Waals surface area (Å²) in [6.45, 7) is 13.5. The maximum absolute atomic E-state index is 6.03. The lowest BCUT2D eigenvalue weighted by molar-refractivity contribution is -0.0176. The van der Waals surface area contributed by atoms with Gasteiger partial charge in [-0.1, -0.05) is 18.2 Å². The lowest BCUT2D eigenvalue weighted by Gasteiger charge is -2.31. The van der Waals surface area contributed by atoms with Gasteiger partial charge in [0.15, 0.2) is 0 Å². The number of fused-ring (bicyclic) bond motifs is 1. The molecule has 1 aromatic carbocycles. The predicted octanol–water partition coefficient (Wildman–Crippen LogP) is 4.41. The van der Waals surface area contributed by atoms with Crippen LogP contribution in [0, 0.1) is 0 Å². The van der Waals surface area contributed by atoms with E-state index in [0.29, 0.717) is 6.61 Å². The van der Waals surface area contributed by atoms with Crippen LogP contribution in [-0.2, 0) is 4.74 Å². The van der Waals surface area contributed by atoms with Gasteiger partial charge in [0.1, 0.15) is 0 Å². The summed E-state index contributed by atoms with van der Waals surface area (Å²) in [5.41, 5.74) is 2.34. The number of nitrogens with one attached hydrogen (secondary N) is 2. The van der Waals surface area contributed by atoms with E-state index in [9.17, 15) is 0 Å². The molecule has 1 aromatic heterocycles. The first-order chi connectivity index (χ1) is 9.66. The Morgan fingerprint density at radius 2 is 1.76 bits per heavy atom. The summed E-state index contributed by atoms with van der Waals surface area (Å²) in [7, 11) is 0. The van der Waals surface area contributed by atoms with E-state index in [0.717, 1.165) is 0 Å². The molecule has 2 rings (SSSR count). The highest BCUT2D eigenvalue weighted by Gasteiger charge is 2.23. The first kappa shape index (κ1) is 16.1. The molecule has 0 bridgehead atoms. The van der Waals surface area contributed by atoms with Crippen LogP contribution in [0.5, 0.6) is 0 Å². The molecule has 0 fully saturated rings. The Hall–Kier alpha value is -1.32. The van der Waals surface area contributed by atoms with Crippen LogP contribution in [-0.4, -0.2) is 22.7 Å². The molecule has 1 heterocycles. The third-order valence-electron chi connectivity index (χ3n) is 3.29. The van der Waals surface area contributed by atoms with Gasteiger partial charge in [-0.2, -0.15) is 0 Å². The average Bonchev–Trinajstić information content (AvgIpc) is 2.76. The molecule has 0 saturated heterocycles. The van der Waals surface area contributed by atoms with E-state index >= 15 is 0 Å². The Balaban J connectivity index is 2.30. The smallest absolute Gasteiger partial charge is 0.0669 e. The molecule has 0 spiro atoms. The Morgan fingerprint density at radius 3 is 2.38 bits per heavy atom. The molecule has 116 valence electrons. The molecule has 0 saturated carbocycles. The van der Waals surface area contributed by atoms with E-state index in [1.165, 1.54) is 16.5 Å². The largest absolute Gasteiger partial charge is 0.374 e. The summed E-state index contributed by atoms with van der Waals surface area (Å²) in [4.78, 5) is 3.36. The van der Waals surface area contributed by atoms with Crippen molar-refractivity contribution in [2.75, 3.05) is 6.61 Å².